The summed E-state index contributed by atoms with van der Waals surface area (Å²) in [5, 5.41) is 1.62. The van der Waals surface area contributed by atoms with Crippen LogP contribution in [0, 0.1) is 0 Å². The first kappa shape index (κ1) is 15.8. The molecule has 0 amide bonds. The first-order valence-electron chi connectivity index (χ1n) is 6.45. The highest BCUT2D eigenvalue weighted by Gasteiger charge is 2.22. The number of thiophene rings is 1. The fourth-order valence-corrected chi connectivity index (χ4v) is 4.27. The predicted octanol–water partition coefficient (Wildman–Crippen LogP) is 2.55. The Kier molecular flexibility index (Phi) is 4.87. The zero-order chi connectivity index (χ0) is 15.5. The molecule has 0 saturated carbocycles. The van der Waals surface area contributed by atoms with Gasteiger partial charge in [-0.05, 0) is 30.7 Å². The van der Waals surface area contributed by atoms with Crippen LogP contribution in [0.4, 0.5) is 5.69 Å². The van der Waals surface area contributed by atoms with Gasteiger partial charge in [0.2, 0.25) is 0 Å². The lowest BCUT2D eigenvalue weighted by Gasteiger charge is -2.16. The van der Waals surface area contributed by atoms with Crippen LogP contribution in [-0.4, -0.2) is 26.4 Å². The average molecular weight is 326 g/mol. The third-order valence-electron chi connectivity index (χ3n) is 2.90. The molecule has 0 aliphatic rings. The van der Waals surface area contributed by atoms with Crippen molar-refractivity contribution in [2.24, 2.45) is 0 Å². The highest BCUT2D eigenvalue weighted by Crippen LogP contribution is 2.25. The number of anilines is 1. The highest BCUT2D eigenvalue weighted by atomic mass is 32.2. The van der Waals surface area contributed by atoms with Crippen LogP contribution in [0.1, 0.15) is 12.5 Å². The molecule has 21 heavy (non-hydrogen) atoms. The maximum Gasteiger partial charge on any atom is 0.252 e. The van der Waals surface area contributed by atoms with Crippen molar-refractivity contribution in [1.29, 1.82) is 0 Å². The van der Waals surface area contributed by atoms with E-state index in [0.29, 0.717) is 18.8 Å². The summed E-state index contributed by atoms with van der Waals surface area (Å²) in [7, 11) is -1.94. The molecule has 0 radical (unpaired) electrons. The molecule has 0 unspecified atom stereocenters. The topological polar surface area (TPSA) is 72.6 Å². The molecule has 114 valence electrons. The Morgan fingerprint density at radius 2 is 1.95 bits per heavy atom. The van der Waals surface area contributed by atoms with E-state index in [4.69, 9.17) is 10.5 Å². The van der Waals surface area contributed by atoms with E-state index >= 15 is 0 Å². The lowest BCUT2D eigenvalue weighted by atomic mass is 10.2. The molecule has 1 aromatic heterocycles. The van der Waals surface area contributed by atoms with Gasteiger partial charge in [0.05, 0.1) is 6.61 Å². The molecule has 0 fully saturated rings. The SMILES string of the molecule is CCOc1ccc(CN(C)S(=O)(=O)c2cc(N)cs2)cc1. The largest absolute Gasteiger partial charge is 0.494 e. The van der Waals surface area contributed by atoms with Gasteiger partial charge in [0, 0.05) is 24.7 Å². The maximum absolute atomic E-state index is 12.4. The first-order valence-corrected chi connectivity index (χ1v) is 8.77. The van der Waals surface area contributed by atoms with Crippen molar-refractivity contribution < 1.29 is 13.2 Å². The van der Waals surface area contributed by atoms with Crippen LogP contribution in [0.3, 0.4) is 0 Å². The molecule has 2 N–H and O–H groups in total. The maximum atomic E-state index is 12.4. The second-order valence-electron chi connectivity index (χ2n) is 4.54. The Labute approximate surface area is 129 Å². The van der Waals surface area contributed by atoms with Crippen LogP contribution in [-0.2, 0) is 16.6 Å². The molecule has 0 saturated heterocycles. The molecule has 7 heteroatoms. The number of sulfonamides is 1. The minimum atomic E-state index is -3.50. The monoisotopic (exact) mass is 326 g/mol. The van der Waals surface area contributed by atoms with Gasteiger partial charge in [0.15, 0.2) is 0 Å². The summed E-state index contributed by atoms with van der Waals surface area (Å²) in [6.45, 7) is 2.82. The van der Waals surface area contributed by atoms with Gasteiger partial charge in [-0.3, -0.25) is 0 Å². The van der Waals surface area contributed by atoms with Crippen molar-refractivity contribution >= 4 is 27.0 Å². The van der Waals surface area contributed by atoms with E-state index < -0.39 is 10.0 Å². The average Bonchev–Trinajstić information content (AvgIpc) is 2.88. The number of hydrogen-bond donors (Lipinski definition) is 1. The van der Waals surface area contributed by atoms with Gasteiger partial charge in [-0.15, -0.1) is 11.3 Å². The summed E-state index contributed by atoms with van der Waals surface area (Å²) in [6.07, 6.45) is 0. The Balaban J connectivity index is 2.11. The van der Waals surface area contributed by atoms with Crippen molar-refractivity contribution in [2.75, 3.05) is 19.4 Å². The van der Waals surface area contributed by atoms with Crippen LogP contribution < -0.4 is 10.5 Å². The lowest BCUT2D eigenvalue weighted by molar-refractivity contribution is 0.340. The Morgan fingerprint density at radius 3 is 2.48 bits per heavy atom. The summed E-state index contributed by atoms with van der Waals surface area (Å²) in [4.78, 5) is 0. The number of hydrogen-bond acceptors (Lipinski definition) is 5. The fraction of sp³-hybridized carbons (Fsp3) is 0.286. The molecular weight excluding hydrogens is 308 g/mol. The van der Waals surface area contributed by atoms with Gasteiger partial charge in [-0.2, -0.15) is 4.31 Å². The van der Waals surface area contributed by atoms with Crippen molar-refractivity contribution in [2.45, 2.75) is 17.7 Å². The van der Waals surface area contributed by atoms with Gasteiger partial charge in [0.1, 0.15) is 9.96 Å². The number of rotatable bonds is 6. The van der Waals surface area contributed by atoms with Crippen molar-refractivity contribution in [3.8, 4) is 5.75 Å². The molecule has 0 aliphatic carbocycles. The molecule has 1 heterocycles. The van der Waals surface area contributed by atoms with E-state index in [2.05, 4.69) is 0 Å². The second kappa shape index (κ2) is 6.46. The Hall–Kier alpha value is -1.57. The zero-order valence-electron chi connectivity index (χ0n) is 11.9. The third kappa shape index (κ3) is 3.75. The molecule has 0 aliphatic heterocycles. The van der Waals surface area contributed by atoms with Gasteiger partial charge >= 0.3 is 0 Å². The van der Waals surface area contributed by atoms with Crippen LogP contribution in [0.25, 0.3) is 0 Å². The minimum Gasteiger partial charge on any atom is -0.494 e. The molecule has 2 aromatic rings. The number of ether oxygens (including phenoxy) is 1. The number of nitrogens with zero attached hydrogens (tertiary/aromatic N) is 1. The van der Waals surface area contributed by atoms with Crippen LogP contribution >= 0.6 is 11.3 Å². The normalized spacial score (nSPS) is 11.8. The zero-order valence-corrected chi connectivity index (χ0v) is 13.6. The number of benzene rings is 1. The van der Waals surface area contributed by atoms with Gasteiger partial charge in [-0.25, -0.2) is 8.42 Å². The molecule has 1 aromatic carbocycles. The molecule has 0 atom stereocenters. The molecule has 2 rings (SSSR count). The predicted molar refractivity (Wildman–Crippen MR) is 85.0 cm³/mol. The van der Waals surface area contributed by atoms with Crippen LogP contribution in [0.5, 0.6) is 5.75 Å². The molecule has 0 bridgehead atoms. The molecular formula is C14H18N2O3S2. The van der Waals surface area contributed by atoms with E-state index in [1.807, 2.05) is 31.2 Å². The summed E-state index contributed by atoms with van der Waals surface area (Å²) in [5.74, 6) is 0.776. The Morgan fingerprint density at radius 1 is 1.29 bits per heavy atom. The van der Waals surface area contributed by atoms with Crippen LogP contribution in [0.2, 0.25) is 0 Å². The Bertz CT molecular complexity index is 693. The van der Waals surface area contributed by atoms with Gasteiger partial charge in [-0.1, -0.05) is 12.1 Å². The third-order valence-corrected chi connectivity index (χ3v) is 6.14. The van der Waals surface area contributed by atoms with Gasteiger partial charge in [0.25, 0.3) is 10.0 Å². The van der Waals surface area contributed by atoms with E-state index in [1.165, 1.54) is 10.4 Å². The molecule has 0 spiro atoms. The van der Waals surface area contributed by atoms with Crippen LogP contribution in [0.15, 0.2) is 39.9 Å². The van der Waals surface area contributed by atoms with Crippen molar-refractivity contribution in [1.82, 2.24) is 4.31 Å². The van der Waals surface area contributed by atoms with Crippen molar-refractivity contribution in [3.05, 3.63) is 41.3 Å². The van der Waals surface area contributed by atoms with Gasteiger partial charge < -0.3 is 10.5 Å². The number of nitrogens with two attached hydrogens (primary N) is 1. The fourth-order valence-electron chi connectivity index (χ4n) is 1.82. The van der Waals surface area contributed by atoms with E-state index in [-0.39, 0.29) is 4.21 Å². The number of nitrogen functional groups attached to an aromatic ring is 1. The van der Waals surface area contributed by atoms with E-state index in [1.54, 1.807) is 12.4 Å². The minimum absolute atomic E-state index is 0.258. The molecule has 5 nitrogen and oxygen atoms in total. The van der Waals surface area contributed by atoms with Crippen molar-refractivity contribution in [3.63, 3.8) is 0 Å². The summed E-state index contributed by atoms with van der Waals surface area (Å²) >= 11 is 1.13. The smallest absolute Gasteiger partial charge is 0.252 e. The second-order valence-corrected chi connectivity index (χ2v) is 7.72. The highest BCUT2D eigenvalue weighted by molar-refractivity contribution is 7.91. The standard InChI is InChI=1S/C14H18N2O3S2/c1-3-19-13-6-4-11(5-7-13)9-16(2)21(17,18)14-8-12(15)10-20-14/h4-8,10H,3,9,15H2,1-2H3. The quantitative estimate of drug-likeness (QED) is 0.885. The van der Waals surface area contributed by atoms with E-state index in [9.17, 15) is 8.42 Å². The summed E-state index contributed by atoms with van der Waals surface area (Å²) in [6, 6.07) is 8.87. The summed E-state index contributed by atoms with van der Waals surface area (Å²) in [5.41, 5.74) is 6.95. The van der Waals surface area contributed by atoms with E-state index in [0.717, 1.165) is 22.6 Å². The summed E-state index contributed by atoms with van der Waals surface area (Å²) < 4.78 is 31.7. The first-order chi connectivity index (χ1) is 9.93. The lowest BCUT2D eigenvalue weighted by Crippen LogP contribution is -2.25.